The van der Waals surface area contributed by atoms with Crippen molar-refractivity contribution in [2.75, 3.05) is 33.4 Å². The van der Waals surface area contributed by atoms with E-state index >= 15 is 0 Å². The second-order valence-electron chi connectivity index (χ2n) is 6.47. The number of aromatic nitrogens is 2. The molecule has 1 N–H and O–H groups in total. The zero-order valence-electron chi connectivity index (χ0n) is 15.4. The molecule has 1 fully saturated rings. The van der Waals surface area contributed by atoms with Crippen molar-refractivity contribution in [3.05, 3.63) is 47.8 Å². The van der Waals surface area contributed by atoms with Gasteiger partial charge in [0.25, 0.3) is 0 Å². The number of hydrogen-bond acceptors (Lipinski definition) is 5. The fourth-order valence-corrected chi connectivity index (χ4v) is 3.16. The van der Waals surface area contributed by atoms with E-state index in [2.05, 4.69) is 15.3 Å². The van der Waals surface area contributed by atoms with Gasteiger partial charge in [0.2, 0.25) is 5.91 Å². The van der Waals surface area contributed by atoms with Crippen LogP contribution in [0.5, 0.6) is 5.75 Å². The zero-order chi connectivity index (χ0) is 18.4. The average molecular weight is 358 g/mol. The molecule has 7 nitrogen and oxygen atoms in total. The number of para-hydroxylation sites is 1. The maximum absolute atomic E-state index is 12.4. The topological polar surface area (TPSA) is 68.6 Å². The van der Waals surface area contributed by atoms with E-state index in [4.69, 9.17) is 9.47 Å². The number of nitrogens with one attached hydrogen (secondary N) is 1. The standard InChI is InChI=1S/C19H26N4O3/c1-22-12-15(11-21-22)13-23-9-10-26-18(14-23)19(24)20-8-7-16-5-3-4-6-17(16)25-2/h3-6,11-12,18H,7-10,13-14H2,1-2H3,(H,20,24)/t18-/m1/s1. The number of rotatable bonds is 7. The largest absolute Gasteiger partial charge is 0.496 e. The molecule has 1 atom stereocenters. The summed E-state index contributed by atoms with van der Waals surface area (Å²) in [5.41, 5.74) is 2.22. The maximum Gasteiger partial charge on any atom is 0.250 e. The predicted octanol–water partition coefficient (Wildman–Crippen LogP) is 0.988. The van der Waals surface area contributed by atoms with Crippen molar-refractivity contribution < 1.29 is 14.3 Å². The van der Waals surface area contributed by atoms with E-state index in [0.717, 1.165) is 36.4 Å². The summed E-state index contributed by atoms with van der Waals surface area (Å²) in [5.74, 6) is 0.786. The van der Waals surface area contributed by atoms with E-state index in [1.807, 2.05) is 43.7 Å². The first-order valence-electron chi connectivity index (χ1n) is 8.87. The Morgan fingerprint density at radius 1 is 1.42 bits per heavy atom. The molecule has 140 valence electrons. The Labute approximate surface area is 153 Å². The molecular weight excluding hydrogens is 332 g/mol. The molecule has 2 heterocycles. The SMILES string of the molecule is COc1ccccc1CCNC(=O)[C@H]1CN(Cc2cnn(C)c2)CCO1. The third-order valence-corrected chi connectivity index (χ3v) is 4.49. The highest BCUT2D eigenvalue weighted by Crippen LogP contribution is 2.17. The van der Waals surface area contributed by atoms with Gasteiger partial charge in [0.15, 0.2) is 0 Å². The Morgan fingerprint density at radius 2 is 2.27 bits per heavy atom. The van der Waals surface area contributed by atoms with E-state index < -0.39 is 6.10 Å². The van der Waals surface area contributed by atoms with E-state index in [9.17, 15) is 4.79 Å². The van der Waals surface area contributed by atoms with Gasteiger partial charge >= 0.3 is 0 Å². The van der Waals surface area contributed by atoms with Crippen LogP contribution in [0.15, 0.2) is 36.7 Å². The first kappa shape index (κ1) is 18.4. The first-order valence-corrected chi connectivity index (χ1v) is 8.87. The minimum absolute atomic E-state index is 0.0595. The Kier molecular flexibility index (Phi) is 6.25. The molecule has 26 heavy (non-hydrogen) atoms. The minimum Gasteiger partial charge on any atom is -0.496 e. The number of carbonyl (C=O) groups is 1. The number of amides is 1. The number of carbonyl (C=O) groups excluding carboxylic acids is 1. The summed E-state index contributed by atoms with van der Waals surface area (Å²) in [6.07, 6.45) is 4.15. The van der Waals surface area contributed by atoms with Crippen molar-refractivity contribution in [1.82, 2.24) is 20.0 Å². The van der Waals surface area contributed by atoms with Crippen LogP contribution in [0.25, 0.3) is 0 Å². The molecule has 1 aliphatic heterocycles. The highest BCUT2D eigenvalue weighted by molar-refractivity contribution is 5.81. The summed E-state index contributed by atoms with van der Waals surface area (Å²) < 4.78 is 12.8. The second kappa shape index (κ2) is 8.82. The van der Waals surface area contributed by atoms with Crippen molar-refractivity contribution in [2.24, 2.45) is 7.05 Å². The van der Waals surface area contributed by atoms with E-state index in [1.165, 1.54) is 0 Å². The smallest absolute Gasteiger partial charge is 0.250 e. The highest BCUT2D eigenvalue weighted by atomic mass is 16.5. The van der Waals surface area contributed by atoms with E-state index in [-0.39, 0.29) is 5.91 Å². The highest BCUT2D eigenvalue weighted by Gasteiger charge is 2.26. The van der Waals surface area contributed by atoms with Crippen molar-refractivity contribution in [2.45, 2.75) is 19.1 Å². The van der Waals surface area contributed by atoms with Crippen LogP contribution >= 0.6 is 0 Å². The molecule has 1 aliphatic rings. The van der Waals surface area contributed by atoms with Gasteiger partial charge in [-0.1, -0.05) is 18.2 Å². The summed E-state index contributed by atoms with van der Waals surface area (Å²) in [6, 6.07) is 7.85. The predicted molar refractivity (Wildman–Crippen MR) is 97.9 cm³/mol. The molecular formula is C19H26N4O3. The van der Waals surface area contributed by atoms with Crippen LogP contribution in [-0.2, 0) is 29.5 Å². The number of morpholine rings is 1. The van der Waals surface area contributed by atoms with E-state index in [1.54, 1.807) is 11.8 Å². The Hall–Kier alpha value is -2.38. The van der Waals surface area contributed by atoms with Gasteiger partial charge in [-0.25, -0.2) is 0 Å². The van der Waals surface area contributed by atoms with Crippen molar-refractivity contribution >= 4 is 5.91 Å². The molecule has 0 radical (unpaired) electrons. The molecule has 0 unspecified atom stereocenters. The number of methoxy groups -OCH3 is 1. The molecule has 0 spiro atoms. The van der Waals surface area contributed by atoms with Gasteiger partial charge in [-0.15, -0.1) is 0 Å². The third kappa shape index (κ3) is 4.83. The van der Waals surface area contributed by atoms with Gasteiger partial charge in [0.05, 0.1) is 19.9 Å². The van der Waals surface area contributed by atoms with Crippen LogP contribution in [-0.4, -0.2) is 60.0 Å². The molecule has 1 aromatic carbocycles. The molecule has 7 heteroatoms. The van der Waals surface area contributed by atoms with Crippen molar-refractivity contribution in [3.8, 4) is 5.75 Å². The number of hydrogen-bond donors (Lipinski definition) is 1. The van der Waals surface area contributed by atoms with Crippen molar-refractivity contribution in [1.29, 1.82) is 0 Å². The fraction of sp³-hybridized carbons (Fsp3) is 0.474. The van der Waals surface area contributed by atoms with Crippen LogP contribution in [0.3, 0.4) is 0 Å². The summed E-state index contributed by atoms with van der Waals surface area (Å²) >= 11 is 0. The summed E-state index contributed by atoms with van der Waals surface area (Å²) in [7, 11) is 3.56. The van der Waals surface area contributed by atoms with Gasteiger partial charge in [0.1, 0.15) is 11.9 Å². The number of nitrogens with zero attached hydrogens (tertiary/aromatic N) is 3. The van der Waals surface area contributed by atoms with Gasteiger partial charge in [-0.05, 0) is 18.1 Å². The second-order valence-corrected chi connectivity index (χ2v) is 6.47. The Bertz CT molecular complexity index is 731. The molecule has 0 saturated carbocycles. The normalized spacial score (nSPS) is 17.8. The zero-order valence-corrected chi connectivity index (χ0v) is 15.4. The Balaban J connectivity index is 1.46. The number of benzene rings is 1. The molecule has 0 bridgehead atoms. The van der Waals surface area contributed by atoms with Crippen LogP contribution in [0.1, 0.15) is 11.1 Å². The summed E-state index contributed by atoms with van der Waals surface area (Å²) in [5, 5.41) is 7.17. The fourth-order valence-electron chi connectivity index (χ4n) is 3.16. The van der Waals surface area contributed by atoms with Crippen LogP contribution in [0, 0.1) is 0 Å². The molecule has 3 rings (SSSR count). The molecule has 2 aromatic rings. The van der Waals surface area contributed by atoms with Crippen LogP contribution in [0.4, 0.5) is 0 Å². The minimum atomic E-state index is -0.432. The van der Waals surface area contributed by atoms with Gasteiger partial charge < -0.3 is 14.8 Å². The lowest BCUT2D eigenvalue weighted by Crippen LogP contribution is -2.49. The Morgan fingerprint density at radius 3 is 3.04 bits per heavy atom. The van der Waals surface area contributed by atoms with Gasteiger partial charge in [0, 0.05) is 45.0 Å². The lowest BCUT2D eigenvalue weighted by Gasteiger charge is -2.31. The average Bonchev–Trinajstić information content (AvgIpc) is 3.07. The first-order chi connectivity index (χ1) is 12.7. The molecule has 1 aromatic heterocycles. The quantitative estimate of drug-likeness (QED) is 0.799. The summed E-state index contributed by atoms with van der Waals surface area (Å²) in [4.78, 5) is 14.7. The lowest BCUT2D eigenvalue weighted by atomic mass is 10.1. The maximum atomic E-state index is 12.4. The van der Waals surface area contributed by atoms with Crippen LogP contribution in [0.2, 0.25) is 0 Å². The third-order valence-electron chi connectivity index (χ3n) is 4.49. The number of ether oxygens (including phenoxy) is 2. The number of aryl methyl sites for hydroxylation is 1. The summed E-state index contributed by atoms with van der Waals surface area (Å²) in [6.45, 7) is 3.31. The van der Waals surface area contributed by atoms with Gasteiger partial charge in [-0.3, -0.25) is 14.4 Å². The van der Waals surface area contributed by atoms with E-state index in [0.29, 0.717) is 19.7 Å². The lowest BCUT2D eigenvalue weighted by molar-refractivity contribution is -0.138. The molecule has 1 saturated heterocycles. The van der Waals surface area contributed by atoms with Crippen LogP contribution < -0.4 is 10.1 Å². The molecule has 1 amide bonds. The van der Waals surface area contributed by atoms with Gasteiger partial charge in [-0.2, -0.15) is 5.10 Å². The van der Waals surface area contributed by atoms with Crippen molar-refractivity contribution in [3.63, 3.8) is 0 Å². The monoisotopic (exact) mass is 358 g/mol. The molecule has 0 aliphatic carbocycles.